The molecule has 0 spiro atoms. The Labute approximate surface area is 124 Å². The first kappa shape index (κ1) is 16.0. The zero-order valence-electron chi connectivity index (χ0n) is 12.4. The second-order valence-corrected chi connectivity index (χ2v) is 6.80. The molecule has 0 saturated carbocycles. The lowest BCUT2D eigenvalue weighted by Crippen LogP contribution is -2.41. The number of carbonyl (C=O) groups excluding carboxylic acids is 1. The first-order chi connectivity index (χ1) is 9.75. The molecule has 21 heavy (non-hydrogen) atoms. The standard InChI is InChI=1S/C13H21N3O4S/c1-4-16-8-10(21(14,18)19)7-12(16)13(17)15(3)11-5-6-20-9(11)2/h7-9,11H,4-6H2,1-3H3,(H2,14,18,19). The molecule has 2 unspecified atom stereocenters. The van der Waals surface area contributed by atoms with Crippen LogP contribution in [0.5, 0.6) is 0 Å². The Balaban J connectivity index is 2.32. The van der Waals surface area contributed by atoms with Crippen LogP contribution in [0.4, 0.5) is 0 Å². The van der Waals surface area contributed by atoms with Crippen LogP contribution in [0.25, 0.3) is 0 Å². The SMILES string of the molecule is CCn1cc(S(N)(=O)=O)cc1C(=O)N(C)C1CCOC1C. The maximum Gasteiger partial charge on any atom is 0.270 e. The van der Waals surface area contributed by atoms with Gasteiger partial charge in [0.05, 0.1) is 12.1 Å². The summed E-state index contributed by atoms with van der Waals surface area (Å²) in [6.45, 7) is 4.88. The summed E-state index contributed by atoms with van der Waals surface area (Å²) in [5.41, 5.74) is 0.322. The number of hydrogen-bond donors (Lipinski definition) is 1. The van der Waals surface area contributed by atoms with Gasteiger partial charge in [0.2, 0.25) is 10.0 Å². The lowest BCUT2D eigenvalue weighted by atomic mass is 10.1. The summed E-state index contributed by atoms with van der Waals surface area (Å²) in [5, 5.41) is 5.13. The third-order valence-electron chi connectivity index (χ3n) is 3.91. The molecule has 0 aliphatic carbocycles. The number of nitrogens with zero attached hydrogens (tertiary/aromatic N) is 2. The Morgan fingerprint density at radius 3 is 2.71 bits per heavy atom. The number of carbonyl (C=O) groups is 1. The molecule has 2 N–H and O–H groups in total. The summed E-state index contributed by atoms with van der Waals surface area (Å²) >= 11 is 0. The predicted molar refractivity (Wildman–Crippen MR) is 77.4 cm³/mol. The van der Waals surface area contributed by atoms with Crippen LogP contribution in [0.2, 0.25) is 0 Å². The molecule has 1 amide bonds. The number of rotatable bonds is 4. The summed E-state index contributed by atoms with van der Waals surface area (Å²) in [6.07, 6.45) is 2.14. The second kappa shape index (κ2) is 5.78. The van der Waals surface area contributed by atoms with Gasteiger partial charge in [-0.15, -0.1) is 0 Å². The van der Waals surface area contributed by atoms with Crippen LogP contribution < -0.4 is 5.14 Å². The van der Waals surface area contributed by atoms with Gasteiger partial charge in [-0.1, -0.05) is 0 Å². The summed E-state index contributed by atoms with van der Waals surface area (Å²) in [7, 11) is -2.11. The average molecular weight is 315 g/mol. The minimum absolute atomic E-state index is 0.00404. The molecular formula is C13H21N3O4S. The van der Waals surface area contributed by atoms with Gasteiger partial charge in [-0.3, -0.25) is 4.79 Å². The maximum absolute atomic E-state index is 12.6. The molecule has 2 heterocycles. The van der Waals surface area contributed by atoms with E-state index in [2.05, 4.69) is 0 Å². The molecule has 2 rings (SSSR count). The minimum Gasteiger partial charge on any atom is -0.376 e. The fourth-order valence-electron chi connectivity index (χ4n) is 2.64. The van der Waals surface area contributed by atoms with Crippen molar-refractivity contribution in [2.45, 2.75) is 43.9 Å². The van der Waals surface area contributed by atoms with Crippen molar-refractivity contribution in [1.82, 2.24) is 9.47 Å². The summed E-state index contributed by atoms with van der Waals surface area (Å²) in [4.78, 5) is 14.2. The molecule has 1 saturated heterocycles. The maximum atomic E-state index is 12.6. The van der Waals surface area contributed by atoms with Crippen molar-refractivity contribution in [3.05, 3.63) is 18.0 Å². The van der Waals surface area contributed by atoms with Gasteiger partial charge in [0, 0.05) is 26.4 Å². The molecule has 1 fully saturated rings. The third-order valence-corrected chi connectivity index (χ3v) is 4.79. The number of amides is 1. The largest absolute Gasteiger partial charge is 0.376 e. The highest BCUT2D eigenvalue weighted by Crippen LogP contribution is 2.21. The Morgan fingerprint density at radius 2 is 2.24 bits per heavy atom. The van der Waals surface area contributed by atoms with E-state index in [4.69, 9.17) is 9.88 Å². The van der Waals surface area contributed by atoms with Crippen LogP contribution in [-0.4, -0.2) is 49.6 Å². The lowest BCUT2D eigenvalue weighted by Gasteiger charge is -2.27. The van der Waals surface area contributed by atoms with Crippen molar-refractivity contribution in [2.75, 3.05) is 13.7 Å². The first-order valence-corrected chi connectivity index (χ1v) is 8.42. The van der Waals surface area contributed by atoms with Crippen LogP contribution in [0.15, 0.2) is 17.2 Å². The van der Waals surface area contributed by atoms with E-state index in [-0.39, 0.29) is 22.9 Å². The van der Waals surface area contributed by atoms with Crippen LogP contribution in [-0.2, 0) is 21.3 Å². The smallest absolute Gasteiger partial charge is 0.270 e. The molecule has 1 aliphatic rings. The normalized spacial score (nSPS) is 22.5. The average Bonchev–Trinajstić information content (AvgIpc) is 3.02. The van der Waals surface area contributed by atoms with Crippen LogP contribution >= 0.6 is 0 Å². The van der Waals surface area contributed by atoms with E-state index in [1.54, 1.807) is 16.5 Å². The van der Waals surface area contributed by atoms with Gasteiger partial charge in [-0.25, -0.2) is 13.6 Å². The van der Waals surface area contributed by atoms with Crippen molar-refractivity contribution in [3.8, 4) is 0 Å². The number of ether oxygens (including phenoxy) is 1. The van der Waals surface area contributed by atoms with E-state index < -0.39 is 10.0 Å². The first-order valence-electron chi connectivity index (χ1n) is 6.87. The van der Waals surface area contributed by atoms with Crippen LogP contribution in [0, 0.1) is 0 Å². The van der Waals surface area contributed by atoms with E-state index in [1.807, 2.05) is 13.8 Å². The van der Waals surface area contributed by atoms with E-state index in [9.17, 15) is 13.2 Å². The molecular weight excluding hydrogens is 294 g/mol. The van der Waals surface area contributed by atoms with Crippen molar-refractivity contribution in [2.24, 2.45) is 5.14 Å². The van der Waals surface area contributed by atoms with Gasteiger partial charge in [0.25, 0.3) is 5.91 Å². The van der Waals surface area contributed by atoms with Crippen molar-refractivity contribution >= 4 is 15.9 Å². The van der Waals surface area contributed by atoms with Gasteiger partial charge in [0.1, 0.15) is 10.6 Å². The molecule has 8 heteroatoms. The molecule has 0 aromatic carbocycles. The Hall–Kier alpha value is -1.38. The zero-order valence-corrected chi connectivity index (χ0v) is 13.3. The fraction of sp³-hybridized carbons (Fsp3) is 0.615. The number of likely N-dealkylation sites (N-methyl/N-ethyl adjacent to an activating group) is 1. The molecule has 1 aliphatic heterocycles. The monoisotopic (exact) mass is 315 g/mol. The van der Waals surface area contributed by atoms with E-state index in [1.165, 1.54) is 12.3 Å². The van der Waals surface area contributed by atoms with Crippen LogP contribution in [0.3, 0.4) is 0 Å². The van der Waals surface area contributed by atoms with E-state index in [0.717, 1.165) is 6.42 Å². The Bertz CT molecular complexity index is 638. The minimum atomic E-state index is -3.82. The van der Waals surface area contributed by atoms with Gasteiger partial charge in [0.15, 0.2) is 0 Å². The number of primary sulfonamides is 1. The van der Waals surface area contributed by atoms with Crippen LogP contribution in [0.1, 0.15) is 30.8 Å². The lowest BCUT2D eigenvalue weighted by molar-refractivity contribution is 0.0566. The van der Waals surface area contributed by atoms with Crippen molar-refractivity contribution < 1.29 is 17.9 Å². The highest BCUT2D eigenvalue weighted by Gasteiger charge is 2.32. The van der Waals surface area contributed by atoms with Gasteiger partial charge in [-0.05, 0) is 26.3 Å². The number of aryl methyl sites for hydroxylation is 1. The molecule has 0 radical (unpaired) electrons. The van der Waals surface area contributed by atoms with Crippen molar-refractivity contribution in [1.29, 1.82) is 0 Å². The molecule has 2 atom stereocenters. The van der Waals surface area contributed by atoms with Gasteiger partial charge >= 0.3 is 0 Å². The highest BCUT2D eigenvalue weighted by atomic mass is 32.2. The Morgan fingerprint density at radius 1 is 1.57 bits per heavy atom. The molecule has 0 bridgehead atoms. The topological polar surface area (TPSA) is 94.6 Å². The summed E-state index contributed by atoms with van der Waals surface area (Å²) in [6, 6.07) is 1.33. The molecule has 7 nitrogen and oxygen atoms in total. The predicted octanol–water partition coefficient (Wildman–Crippen LogP) is 0.405. The molecule has 1 aromatic heterocycles. The molecule has 1 aromatic rings. The number of nitrogens with two attached hydrogens (primary N) is 1. The second-order valence-electron chi connectivity index (χ2n) is 5.24. The number of hydrogen-bond acceptors (Lipinski definition) is 4. The highest BCUT2D eigenvalue weighted by molar-refractivity contribution is 7.89. The van der Waals surface area contributed by atoms with Gasteiger partial charge in [-0.2, -0.15) is 0 Å². The van der Waals surface area contributed by atoms with Gasteiger partial charge < -0.3 is 14.2 Å². The Kier molecular flexibility index (Phi) is 4.40. The van der Waals surface area contributed by atoms with E-state index in [0.29, 0.717) is 18.8 Å². The number of aromatic nitrogens is 1. The summed E-state index contributed by atoms with van der Waals surface area (Å²) in [5.74, 6) is -0.228. The van der Waals surface area contributed by atoms with Crippen molar-refractivity contribution in [3.63, 3.8) is 0 Å². The van der Waals surface area contributed by atoms with E-state index >= 15 is 0 Å². The zero-order chi connectivity index (χ0) is 15.8. The summed E-state index contributed by atoms with van der Waals surface area (Å²) < 4.78 is 29.9. The fourth-order valence-corrected chi connectivity index (χ4v) is 3.19. The number of sulfonamides is 1. The third kappa shape index (κ3) is 3.12. The molecule has 118 valence electrons. The quantitative estimate of drug-likeness (QED) is 0.870.